The van der Waals surface area contributed by atoms with Crippen LogP contribution in [-0.4, -0.2) is 19.6 Å². The summed E-state index contributed by atoms with van der Waals surface area (Å²) in [6.45, 7) is 4.94. The third-order valence-corrected chi connectivity index (χ3v) is 6.81. The molecule has 3 aromatic carbocycles. The van der Waals surface area contributed by atoms with Gasteiger partial charge in [0.1, 0.15) is 16.9 Å². The van der Waals surface area contributed by atoms with E-state index in [-0.39, 0.29) is 11.3 Å². The molecule has 1 atom stereocenters. The van der Waals surface area contributed by atoms with Crippen LogP contribution in [0, 0.1) is 6.92 Å². The minimum absolute atomic E-state index is 0.000913. The molecule has 4 rings (SSSR count). The van der Waals surface area contributed by atoms with Gasteiger partial charge in [-0.05, 0) is 66.9 Å². The molecule has 1 unspecified atom stereocenters. The van der Waals surface area contributed by atoms with Gasteiger partial charge in [0.15, 0.2) is 0 Å². The summed E-state index contributed by atoms with van der Waals surface area (Å²) in [6.07, 6.45) is 4.11. The quantitative estimate of drug-likeness (QED) is 0.268. The number of carbonyl (C=O) groups is 1. The molecule has 0 spiro atoms. The molecule has 33 heavy (non-hydrogen) atoms. The molecule has 170 valence electrons. The fraction of sp³-hybridized carbons (Fsp3) is 0.250. The number of aryl methyl sites for hydroxylation is 1. The maximum Gasteiger partial charge on any atom is 0.266 e. The molecule has 1 amide bonds. The molecular weight excluding hydrogens is 430 g/mol. The molecule has 1 saturated heterocycles. The Labute approximate surface area is 200 Å². The molecule has 0 bridgehead atoms. The fourth-order valence-corrected chi connectivity index (χ4v) is 4.89. The molecule has 1 heterocycles. The van der Waals surface area contributed by atoms with Crippen LogP contribution in [0.1, 0.15) is 41.8 Å². The van der Waals surface area contributed by atoms with Crippen LogP contribution in [0.15, 0.2) is 77.7 Å². The summed E-state index contributed by atoms with van der Waals surface area (Å²) in [5.41, 5.74) is 4.12. The lowest BCUT2D eigenvalue weighted by atomic mass is 10.1. The maximum absolute atomic E-state index is 13.5. The van der Waals surface area contributed by atoms with Crippen LogP contribution >= 0.6 is 11.8 Å². The van der Waals surface area contributed by atoms with Crippen molar-refractivity contribution in [3.63, 3.8) is 0 Å². The zero-order chi connectivity index (χ0) is 23.2. The Balaban J connectivity index is 1.62. The first kappa shape index (κ1) is 23.0. The molecule has 4 nitrogen and oxygen atoms in total. The van der Waals surface area contributed by atoms with Gasteiger partial charge in [0.2, 0.25) is 0 Å². The van der Waals surface area contributed by atoms with Crippen molar-refractivity contribution in [1.29, 1.82) is 0 Å². The summed E-state index contributed by atoms with van der Waals surface area (Å²) >= 11 is 1.58. The molecule has 0 aliphatic carbocycles. The summed E-state index contributed by atoms with van der Waals surface area (Å²) in [7, 11) is 1.64. The second-order valence-corrected chi connectivity index (χ2v) is 9.16. The van der Waals surface area contributed by atoms with Gasteiger partial charge in [-0.15, -0.1) is 0 Å². The Morgan fingerprint density at radius 2 is 1.61 bits per heavy atom. The SMILES string of the molecule is CCCCOc1ccc(/C=C2/SC(c3ccc(C)cc3)N(c3ccc(OC)cc3)C2=O)cc1. The van der Waals surface area contributed by atoms with E-state index in [1.807, 2.05) is 59.5 Å². The van der Waals surface area contributed by atoms with E-state index in [9.17, 15) is 4.79 Å². The smallest absolute Gasteiger partial charge is 0.266 e. The minimum atomic E-state index is -0.130. The summed E-state index contributed by atoms with van der Waals surface area (Å²) in [4.78, 5) is 16.1. The number of rotatable bonds is 8. The minimum Gasteiger partial charge on any atom is -0.497 e. The largest absolute Gasteiger partial charge is 0.497 e. The number of ether oxygens (including phenoxy) is 2. The van der Waals surface area contributed by atoms with Crippen molar-refractivity contribution in [2.75, 3.05) is 18.6 Å². The Morgan fingerprint density at radius 1 is 0.939 bits per heavy atom. The van der Waals surface area contributed by atoms with Gasteiger partial charge in [0.05, 0.1) is 18.6 Å². The van der Waals surface area contributed by atoms with Gasteiger partial charge < -0.3 is 9.47 Å². The van der Waals surface area contributed by atoms with E-state index in [0.29, 0.717) is 0 Å². The summed E-state index contributed by atoms with van der Waals surface area (Å²) in [6, 6.07) is 23.9. The summed E-state index contributed by atoms with van der Waals surface area (Å²) < 4.78 is 11.1. The van der Waals surface area contributed by atoms with Crippen LogP contribution in [0.25, 0.3) is 6.08 Å². The van der Waals surface area contributed by atoms with Crippen molar-refractivity contribution in [3.8, 4) is 11.5 Å². The Bertz CT molecular complexity index is 1110. The van der Waals surface area contributed by atoms with E-state index in [1.54, 1.807) is 18.9 Å². The van der Waals surface area contributed by atoms with Crippen LogP contribution < -0.4 is 14.4 Å². The number of nitrogens with zero attached hydrogens (tertiary/aromatic N) is 1. The molecule has 5 heteroatoms. The molecule has 1 aliphatic rings. The average Bonchev–Trinajstić information content (AvgIpc) is 3.16. The van der Waals surface area contributed by atoms with Crippen LogP contribution in [0.5, 0.6) is 11.5 Å². The zero-order valence-electron chi connectivity index (χ0n) is 19.3. The highest BCUT2D eigenvalue weighted by atomic mass is 32.2. The van der Waals surface area contributed by atoms with Gasteiger partial charge >= 0.3 is 0 Å². The first-order chi connectivity index (χ1) is 16.1. The number of methoxy groups -OCH3 is 1. The van der Waals surface area contributed by atoms with E-state index >= 15 is 0 Å². The average molecular weight is 460 g/mol. The first-order valence-electron chi connectivity index (χ1n) is 11.2. The molecule has 0 radical (unpaired) electrons. The van der Waals surface area contributed by atoms with E-state index < -0.39 is 0 Å². The lowest BCUT2D eigenvalue weighted by Gasteiger charge is -2.24. The Hall–Kier alpha value is -3.18. The predicted octanol–water partition coefficient (Wildman–Crippen LogP) is 7.00. The van der Waals surface area contributed by atoms with Crippen LogP contribution in [0.4, 0.5) is 5.69 Å². The van der Waals surface area contributed by atoms with Gasteiger partial charge in [-0.25, -0.2) is 0 Å². The number of anilines is 1. The standard InChI is InChI=1S/C28H29NO3S/c1-4-5-18-32-25-14-8-21(9-15-25)19-26-27(30)29(23-12-16-24(31-3)17-13-23)28(33-26)22-10-6-20(2)7-11-22/h6-17,19,28H,4-5,18H2,1-3H3/b26-19+. The second kappa shape index (κ2) is 10.6. The Kier molecular flexibility index (Phi) is 7.40. The highest BCUT2D eigenvalue weighted by Crippen LogP contribution is 2.48. The summed E-state index contributed by atoms with van der Waals surface area (Å²) in [5.74, 6) is 1.62. The third-order valence-electron chi connectivity index (χ3n) is 5.56. The highest BCUT2D eigenvalue weighted by molar-refractivity contribution is 8.05. The predicted molar refractivity (Wildman–Crippen MR) is 137 cm³/mol. The third kappa shape index (κ3) is 5.42. The van der Waals surface area contributed by atoms with Crippen molar-refractivity contribution >= 4 is 29.4 Å². The van der Waals surface area contributed by atoms with Gasteiger partial charge in [-0.3, -0.25) is 9.69 Å². The number of unbranched alkanes of at least 4 members (excludes halogenated alkanes) is 1. The van der Waals surface area contributed by atoms with Crippen molar-refractivity contribution in [3.05, 3.63) is 94.4 Å². The number of hydrogen-bond acceptors (Lipinski definition) is 4. The van der Waals surface area contributed by atoms with Crippen molar-refractivity contribution < 1.29 is 14.3 Å². The van der Waals surface area contributed by atoms with E-state index in [1.165, 1.54) is 5.56 Å². The topological polar surface area (TPSA) is 38.8 Å². The monoisotopic (exact) mass is 459 g/mol. The molecule has 0 aromatic heterocycles. The van der Waals surface area contributed by atoms with Crippen LogP contribution in [0.3, 0.4) is 0 Å². The van der Waals surface area contributed by atoms with Gasteiger partial charge in [-0.1, -0.05) is 67.1 Å². The lowest BCUT2D eigenvalue weighted by Crippen LogP contribution is -2.27. The molecule has 3 aromatic rings. The van der Waals surface area contributed by atoms with Crippen molar-refractivity contribution in [1.82, 2.24) is 0 Å². The first-order valence-corrected chi connectivity index (χ1v) is 12.1. The summed E-state index contributed by atoms with van der Waals surface area (Å²) in [5, 5.41) is -0.130. The highest BCUT2D eigenvalue weighted by Gasteiger charge is 2.38. The number of benzene rings is 3. The number of thioether (sulfide) groups is 1. The second-order valence-electron chi connectivity index (χ2n) is 8.03. The molecular formula is C28H29NO3S. The normalized spacial score (nSPS) is 16.9. The van der Waals surface area contributed by atoms with Crippen LogP contribution in [-0.2, 0) is 4.79 Å². The van der Waals surface area contributed by atoms with Gasteiger partial charge in [-0.2, -0.15) is 0 Å². The van der Waals surface area contributed by atoms with E-state index in [0.717, 1.165) is 52.7 Å². The molecule has 0 N–H and O–H groups in total. The molecule has 1 aliphatic heterocycles. The molecule has 1 fully saturated rings. The molecule has 0 saturated carbocycles. The van der Waals surface area contributed by atoms with Crippen molar-refractivity contribution in [2.24, 2.45) is 0 Å². The van der Waals surface area contributed by atoms with Gasteiger partial charge in [0.25, 0.3) is 5.91 Å². The number of hydrogen-bond donors (Lipinski definition) is 0. The maximum atomic E-state index is 13.5. The Morgan fingerprint density at radius 3 is 2.24 bits per heavy atom. The lowest BCUT2D eigenvalue weighted by molar-refractivity contribution is -0.114. The van der Waals surface area contributed by atoms with Crippen molar-refractivity contribution in [2.45, 2.75) is 32.1 Å². The zero-order valence-corrected chi connectivity index (χ0v) is 20.1. The fourth-order valence-electron chi connectivity index (χ4n) is 3.63. The van der Waals surface area contributed by atoms with Crippen LogP contribution in [0.2, 0.25) is 0 Å². The number of carbonyl (C=O) groups excluding carboxylic acids is 1. The van der Waals surface area contributed by atoms with Gasteiger partial charge in [0, 0.05) is 5.69 Å². The van der Waals surface area contributed by atoms with E-state index in [4.69, 9.17) is 9.47 Å². The van der Waals surface area contributed by atoms with E-state index in [2.05, 4.69) is 38.1 Å². The number of amides is 1.